The first-order valence-corrected chi connectivity index (χ1v) is 10.8. The highest BCUT2D eigenvalue weighted by atomic mass is 16.6. The minimum absolute atomic E-state index is 0.392. The molecule has 11 heteroatoms. The monoisotopic (exact) mass is 480 g/mol. The van der Waals surface area contributed by atoms with E-state index in [1.54, 1.807) is 12.1 Å². The van der Waals surface area contributed by atoms with Gasteiger partial charge in [0.1, 0.15) is 6.61 Å². The molecule has 0 aromatic heterocycles. The zero-order valence-corrected chi connectivity index (χ0v) is 20.3. The molecule has 0 unspecified atom stereocenters. The van der Waals surface area contributed by atoms with Crippen molar-refractivity contribution in [2.75, 3.05) is 29.9 Å². The number of ether oxygens (including phenoxy) is 4. The highest BCUT2D eigenvalue weighted by Gasteiger charge is 2.42. The molecule has 0 saturated carbocycles. The van der Waals surface area contributed by atoms with Crippen LogP contribution in [0, 0.1) is 0 Å². The molecule has 0 heterocycles. The van der Waals surface area contributed by atoms with E-state index in [0.717, 1.165) is 46.5 Å². The average Bonchev–Trinajstić information content (AvgIpc) is 2.75. The number of amides is 1. The molecule has 0 aliphatic heterocycles. The Morgan fingerprint density at radius 2 is 1.32 bits per heavy atom. The van der Waals surface area contributed by atoms with Crippen LogP contribution in [0.15, 0.2) is 24.3 Å². The molecule has 11 nitrogen and oxygen atoms in total. The minimum Gasteiger partial charge on any atom is -0.462 e. The molecule has 0 radical (unpaired) electrons. The van der Waals surface area contributed by atoms with Gasteiger partial charge in [0.2, 0.25) is 6.10 Å². The predicted octanol–water partition coefficient (Wildman–Crippen LogP) is 1.83. The number of carbonyl (C=O) groups is 5. The maximum Gasteiger partial charge on any atom is 0.303 e. The number of esters is 4. The first-order valence-electron chi connectivity index (χ1n) is 10.8. The van der Waals surface area contributed by atoms with Crippen molar-refractivity contribution >= 4 is 41.2 Å². The van der Waals surface area contributed by atoms with Gasteiger partial charge in [-0.2, -0.15) is 0 Å². The van der Waals surface area contributed by atoms with Gasteiger partial charge in [0.05, 0.1) is 0 Å². The van der Waals surface area contributed by atoms with Crippen LogP contribution in [0.4, 0.5) is 11.4 Å². The van der Waals surface area contributed by atoms with E-state index in [2.05, 4.69) is 10.2 Å². The predicted molar refractivity (Wildman–Crippen MR) is 122 cm³/mol. The third kappa shape index (κ3) is 9.47. The molecule has 3 atom stereocenters. The number of anilines is 2. The Morgan fingerprint density at radius 1 is 0.794 bits per heavy atom. The van der Waals surface area contributed by atoms with Crippen LogP contribution in [-0.4, -0.2) is 67.8 Å². The van der Waals surface area contributed by atoms with Crippen molar-refractivity contribution in [1.82, 2.24) is 0 Å². The highest BCUT2D eigenvalue weighted by Crippen LogP contribution is 2.20. The summed E-state index contributed by atoms with van der Waals surface area (Å²) in [6.45, 7) is 9.47. The Kier molecular flexibility index (Phi) is 11.5. The largest absolute Gasteiger partial charge is 0.462 e. The molecule has 1 amide bonds. The Bertz CT molecular complexity index is 866. The molecule has 0 bridgehead atoms. The van der Waals surface area contributed by atoms with Crippen LogP contribution in [0.5, 0.6) is 0 Å². The summed E-state index contributed by atoms with van der Waals surface area (Å²) in [5.74, 6) is -4.00. The lowest BCUT2D eigenvalue weighted by Crippen LogP contribution is -2.52. The number of hydrogen-bond donors (Lipinski definition) is 1. The van der Waals surface area contributed by atoms with Gasteiger partial charge < -0.3 is 29.2 Å². The first-order chi connectivity index (χ1) is 16.0. The summed E-state index contributed by atoms with van der Waals surface area (Å²) in [6.07, 6.45) is -4.70. The Labute approximate surface area is 198 Å². The van der Waals surface area contributed by atoms with Crippen molar-refractivity contribution in [2.24, 2.45) is 0 Å². The van der Waals surface area contributed by atoms with Crippen molar-refractivity contribution in [2.45, 2.75) is 59.9 Å². The van der Waals surface area contributed by atoms with Crippen molar-refractivity contribution in [3.63, 3.8) is 0 Å². The van der Waals surface area contributed by atoms with Gasteiger partial charge in [-0.1, -0.05) is 0 Å². The second-order valence-corrected chi connectivity index (χ2v) is 7.26. The molecule has 1 rings (SSSR count). The fourth-order valence-electron chi connectivity index (χ4n) is 3.14. The fourth-order valence-corrected chi connectivity index (χ4v) is 3.14. The molecule has 1 N–H and O–H groups in total. The van der Waals surface area contributed by atoms with Crippen LogP contribution >= 0.6 is 0 Å². The average molecular weight is 481 g/mol. The molecule has 0 aliphatic rings. The van der Waals surface area contributed by atoms with E-state index in [9.17, 15) is 24.0 Å². The summed E-state index contributed by atoms with van der Waals surface area (Å²) in [6, 6.07) is 6.96. The van der Waals surface area contributed by atoms with E-state index >= 15 is 0 Å². The molecule has 0 aliphatic carbocycles. The van der Waals surface area contributed by atoms with E-state index in [0.29, 0.717) is 5.69 Å². The van der Waals surface area contributed by atoms with Gasteiger partial charge in [-0.05, 0) is 38.1 Å². The van der Waals surface area contributed by atoms with E-state index in [4.69, 9.17) is 18.9 Å². The quantitative estimate of drug-likeness (QED) is 0.348. The van der Waals surface area contributed by atoms with Gasteiger partial charge in [-0.15, -0.1) is 0 Å². The summed E-state index contributed by atoms with van der Waals surface area (Å²) in [5.41, 5.74) is 1.34. The van der Waals surface area contributed by atoms with Crippen molar-refractivity contribution < 1.29 is 42.9 Å². The summed E-state index contributed by atoms with van der Waals surface area (Å²) in [4.78, 5) is 61.6. The van der Waals surface area contributed by atoms with Gasteiger partial charge in [0.15, 0.2) is 12.2 Å². The fraction of sp³-hybridized carbons (Fsp3) is 0.522. The summed E-state index contributed by atoms with van der Waals surface area (Å²) in [5, 5.41) is 2.60. The van der Waals surface area contributed by atoms with Gasteiger partial charge in [-0.3, -0.25) is 24.0 Å². The summed E-state index contributed by atoms with van der Waals surface area (Å²) in [7, 11) is 0. The standard InChI is InChI=1S/C23H32N2O9/c1-7-25(8-2)19-11-9-18(10-12-19)24-23(30)22(34-17(6)29)21(33-16(5)28)20(32-15(4)27)13-31-14(3)26/h9-12,20-22H,7-8,13H2,1-6H3,(H,24,30)/t20-,21+,22+/m1/s1. The SMILES string of the molecule is CCN(CC)c1ccc(NC(=O)[C@@H](OC(C)=O)[C@@H](OC(C)=O)[C@@H](COC(C)=O)OC(C)=O)cc1. The Balaban J connectivity index is 3.25. The number of hydrogen-bond acceptors (Lipinski definition) is 10. The lowest BCUT2D eigenvalue weighted by molar-refractivity contribution is -0.190. The topological polar surface area (TPSA) is 138 Å². The van der Waals surface area contributed by atoms with Crippen LogP contribution in [-0.2, 0) is 42.9 Å². The molecular formula is C23H32N2O9. The van der Waals surface area contributed by atoms with Crippen molar-refractivity contribution in [1.29, 1.82) is 0 Å². The number of nitrogens with one attached hydrogen (secondary N) is 1. The van der Waals surface area contributed by atoms with E-state index in [1.165, 1.54) is 0 Å². The second-order valence-electron chi connectivity index (χ2n) is 7.26. The maximum absolute atomic E-state index is 13.1. The van der Waals surface area contributed by atoms with Gasteiger partial charge >= 0.3 is 23.9 Å². The number of rotatable bonds is 12. The van der Waals surface area contributed by atoms with E-state index in [1.807, 2.05) is 26.0 Å². The first kappa shape index (κ1) is 28.4. The Hall–Kier alpha value is -3.63. The molecule has 0 fully saturated rings. The zero-order chi connectivity index (χ0) is 25.8. The molecule has 1 aromatic rings. The maximum atomic E-state index is 13.1. The summed E-state index contributed by atoms with van der Waals surface area (Å²) >= 11 is 0. The van der Waals surface area contributed by atoms with Gasteiger partial charge in [0, 0.05) is 52.2 Å². The third-order valence-electron chi connectivity index (χ3n) is 4.55. The van der Waals surface area contributed by atoms with Crippen molar-refractivity contribution in [3.8, 4) is 0 Å². The van der Waals surface area contributed by atoms with Gasteiger partial charge in [0.25, 0.3) is 5.91 Å². The minimum atomic E-state index is -1.70. The number of benzene rings is 1. The highest BCUT2D eigenvalue weighted by molar-refractivity contribution is 5.96. The lowest BCUT2D eigenvalue weighted by atomic mass is 10.1. The van der Waals surface area contributed by atoms with Crippen LogP contribution in [0.25, 0.3) is 0 Å². The van der Waals surface area contributed by atoms with E-state index in [-0.39, 0.29) is 0 Å². The molecule has 34 heavy (non-hydrogen) atoms. The molecule has 1 aromatic carbocycles. The van der Waals surface area contributed by atoms with Crippen LogP contribution < -0.4 is 10.2 Å². The number of nitrogens with zero attached hydrogens (tertiary/aromatic N) is 1. The molecule has 0 saturated heterocycles. The van der Waals surface area contributed by atoms with Crippen LogP contribution in [0.2, 0.25) is 0 Å². The number of carbonyl (C=O) groups excluding carboxylic acids is 5. The molecule has 0 spiro atoms. The molecular weight excluding hydrogens is 448 g/mol. The molecule has 188 valence electrons. The van der Waals surface area contributed by atoms with Crippen LogP contribution in [0.3, 0.4) is 0 Å². The van der Waals surface area contributed by atoms with E-state index < -0.39 is 54.7 Å². The zero-order valence-electron chi connectivity index (χ0n) is 20.3. The summed E-state index contributed by atoms with van der Waals surface area (Å²) < 4.78 is 20.4. The normalized spacial score (nSPS) is 13.0. The van der Waals surface area contributed by atoms with Crippen LogP contribution in [0.1, 0.15) is 41.5 Å². The smallest absolute Gasteiger partial charge is 0.303 e. The lowest BCUT2D eigenvalue weighted by Gasteiger charge is -2.30. The third-order valence-corrected chi connectivity index (χ3v) is 4.55. The Morgan fingerprint density at radius 3 is 1.76 bits per heavy atom. The van der Waals surface area contributed by atoms with Crippen molar-refractivity contribution in [3.05, 3.63) is 24.3 Å². The van der Waals surface area contributed by atoms with Gasteiger partial charge in [-0.25, -0.2) is 0 Å². The second kappa shape index (κ2) is 13.8.